The van der Waals surface area contributed by atoms with Crippen LogP contribution in [0.4, 0.5) is 5.69 Å². The van der Waals surface area contributed by atoms with Crippen LogP contribution in [0.25, 0.3) is 0 Å². The molecule has 2 N–H and O–H groups in total. The van der Waals surface area contributed by atoms with Crippen molar-refractivity contribution < 1.29 is 9.90 Å². The molecule has 4 nitrogen and oxygen atoms in total. The van der Waals surface area contributed by atoms with Crippen molar-refractivity contribution in [1.82, 2.24) is 4.98 Å². The number of halogens is 1. The van der Waals surface area contributed by atoms with E-state index in [-0.39, 0.29) is 12.5 Å². The zero-order valence-corrected chi connectivity index (χ0v) is 11.0. The van der Waals surface area contributed by atoms with E-state index in [1.165, 1.54) is 0 Å². The van der Waals surface area contributed by atoms with E-state index in [1.807, 2.05) is 6.07 Å². The third kappa shape index (κ3) is 2.94. The minimum Gasteiger partial charge on any atom is -0.392 e. The molecule has 0 saturated heterocycles. The van der Waals surface area contributed by atoms with E-state index in [2.05, 4.69) is 26.2 Å². The standard InChI is InChI=1S/C13H11BrN2O2/c14-12-7-9(5-6-15-12)13(18)16-11-4-2-1-3-10(11)8-17/h1-7,17H,8H2,(H,16,18). The van der Waals surface area contributed by atoms with Crippen molar-refractivity contribution in [1.29, 1.82) is 0 Å². The summed E-state index contributed by atoms with van der Waals surface area (Å²) in [5.41, 5.74) is 1.79. The summed E-state index contributed by atoms with van der Waals surface area (Å²) in [7, 11) is 0. The van der Waals surface area contributed by atoms with Gasteiger partial charge in [0.05, 0.1) is 6.61 Å². The number of anilines is 1. The molecule has 0 spiro atoms. The number of hydrogen-bond acceptors (Lipinski definition) is 3. The van der Waals surface area contributed by atoms with Crippen LogP contribution in [-0.4, -0.2) is 16.0 Å². The van der Waals surface area contributed by atoms with Gasteiger partial charge in [-0.05, 0) is 34.1 Å². The second-order valence-electron chi connectivity index (χ2n) is 3.64. The van der Waals surface area contributed by atoms with Gasteiger partial charge in [0.15, 0.2) is 0 Å². The van der Waals surface area contributed by atoms with Gasteiger partial charge in [0.2, 0.25) is 0 Å². The second kappa shape index (κ2) is 5.75. The highest BCUT2D eigenvalue weighted by Gasteiger charge is 2.08. The van der Waals surface area contributed by atoms with Gasteiger partial charge in [-0.1, -0.05) is 18.2 Å². The minimum absolute atomic E-state index is 0.115. The van der Waals surface area contributed by atoms with Crippen molar-refractivity contribution in [3.63, 3.8) is 0 Å². The number of carbonyl (C=O) groups excluding carboxylic acids is 1. The van der Waals surface area contributed by atoms with Crippen LogP contribution in [0, 0.1) is 0 Å². The molecule has 2 aromatic rings. The molecule has 0 bridgehead atoms. The third-order valence-electron chi connectivity index (χ3n) is 2.42. The van der Waals surface area contributed by atoms with Gasteiger partial charge in [0.1, 0.15) is 4.60 Å². The molecule has 0 radical (unpaired) electrons. The lowest BCUT2D eigenvalue weighted by Gasteiger charge is -2.09. The van der Waals surface area contributed by atoms with Crippen LogP contribution >= 0.6 is 15.9 Å². The Labute approximate surface area is 113 Å². The summed E-state index contributed by atoms with van der Waals surface area (Å²) in [4.78, 5) is 16.0. The number of hydrogen-bond donors (Lipinski definition) is 2. The van der Waals surface area contributed by atoms with Crippen molar-refractivity contribution in [2.45, 2.75) is 6.61 Å². The summed E-state index contributed by atoms with van der Waals surface area (Å²) in [5.74, 6) is -0.237. The summed E-state index contributed by atoms with van der Waals surface area (Å²) in [6.07, 6.45) is 1.55. The second-order valence-corrected chi connectivity index (χ2v) is 4.45. The van der Waals surface area contributed by atoms with Crippen molar-refractivity contribution in [2.24, 2.45) is 0 Å². The molecule has 1 heterocycles. The van der Waals surface area contributed by atoms with E-state index in [9.17, 15) is 9.90 Å². The SMILES string of the molecule is O=C(Nc1ccccc1CO)c1ccnc(Br)c1. The van der Waals surface area contributed by atoms with Gasteiger partial charge in [-0.2, -0.15) is 0 Å². The van der Waals surface area contributed by atoms with Crippen LogP contribution in [0.5, 0.6) is 0 Å². The summed E-state index contributed by atoms with van der Waals surface area (Å²) >= 11 is 3.21. The molecule has 1 amide bonds. The number of amides is 1. The molecule has 92 valence electrons. The molecule has 0 fully saturated rings. The molecule has 0 unspecified atom stereocenters. The van der Waals surface area contributed by atoms with Gasteiger partial charge in [-0.25, -0.2) is 4.98 Å². The lowest BCUT2D eigenvalue weighted by atomic mass is 10.1. The Kier molecular flexibility index (Phi) is 4.07. The number of nitrogens with one attached hydrogen (secondary N) is 1. The summed E-state index contributed by atoms with van der Waals surface area (Å²) < 4.78 is 0.602. The zero-order chi connectivity index (χ0) is 13.0. The van der Waals surface area contributed by atoms with Crippen molar-refractivity contribution in [2.75, 3.05) is 5.32 Å². The maximum atomic E-state index is 12.0. The van der Waals surface area contributed by atoms with Gasteiger partial charge in [-0.3, -0.25) is 4.79 Å². The third-order valence-corrected chi connectivity index (χ3v) is 2.86. The Bertz CT molecular complexity index is 572. The smallest absolute Gasteiger partial charge is 0.255 e. The number of aliphatic hydroxyl groups excluding tert-OH is 1. The van der Waals surface area contributed by atoms with Crippen LogP contribution in [0.15, 0.2) is 47.2 Å². The van der Waals surface area contributed by atoms with Crippen LogP contribution in [0.3, 0.4) is 0 Å². The normalized spacial score (nSPS) is 10.1. The maximum Gasteiger partial charge on any atom is 0.255 e. The van der Waals surface area contributed by atoms with Crippen LogP contribution < -0.4 is 5.32 Å². The highest BCUT2D eigenvalue weighted by Crippen LogP contribution is 2.16. The first-order valence-corrected chi connectivity index (χ1v) is 6.11. The molecule has 5 heteroatoms. The van der Waals surface area contributed by atoms with E-state index in [4.69, 9.17) is 0 Å². The predicted octanol–water partition coefficient (Wildman–Crippen LogP) is 2.59. The van der Waals surface area contributed by atoms with Gasteiger partial charge in [0, 0.05) is 23.0 Å². The zero-order valence-electron chi connectivity index (χ0n) is 9.43. The number of para-hydroxylation sites is 1. The van der Waals surface area contributed by atoms with Gasteiger partial charge in [0.25, 0.3) is 5.91 Å². The van der Waals surface area contributed by atoms with E-state index >= 15 is 0 Å². The largest absolute Gasteiger partial charge is 0.392 e. The fourth-order valence-electron chi connectivity index (χ4n) is 1.52. The highest BCUT2D eigenvalue weighted by atomic mass is 79.9. The van der Waals surface area contributed by atoms with Crippen molar-refractivity contribution in [3.8, 4) is 0 Å². The lowest BCUT2D eigenvalue weighted by Crippen LogP contribution is -2.13. The number of benzene rings is 1. The van der Waals surface area contributed by atoms with Crippen molar-refractivity contribution in [3.05, 3.63) is 58.3 Å². The minimum atomic E-state index is -0.237. The average molecular weight is 307 g/mol. The Hall–Kier alpha value is -1.72. The van der Waals surface area contributed by atoms with E-state index < -0.39 is 0 Å². The molecule has 0 aliphatic carbocycles. The summed E-state index contributed by atoms with van der Waals surface area (Å²) in [5, 5.41) is 11.9. The molecule has 0 aliphatic rings. The number of carbonyl (C=O) groups is 1. The number of aliphatic hydroxyl groups is 1. The van der Waals surface area contributed by atoms with Crippen molar-refractivity contribution >= 4 is 27.5 Å². The van der Waals surface area contributed by atoms with E-state index in [0.717, 1.165) is 0 Å². The number of pyridine rings is 1. The Morgan fingerprint density at radius 2 is 2.11 bits per heavy atom. The number of nitrogens with zero attached hydrogens (tertiary/aromatic N) is 1. The fourth-order valence-corrected chi connectivity index (χ4v) is 1.88. The fraction of sp³-hybridized carbons (Fsp3) is 0.0769. The Morgan fingerprint density at radius 3 is 2.83 bits per heavy atom. The number of aromatic nitrogens is 1. The molecule has 0 aliphatic heterocycles. The van der Waals surface area contributed by atoms with Gasteiger partial charge >= 0.3 is 0 Å². The molecule has 0 saturated carbocycles. The lowest BCUT2D eigenvalue weighted by molar-refractivity contribution is 0.102. The molecule has 0 atom stereocenters. The average Bonchev–Trinajstić information content (AvgIpc) is 2.39. The van der Waals surface area contributed by atoms with Crippen LogP contribution in [0.1, 0.15) is 15.9 Å². The molecule has 1 aromatic heterocycles. The van der Waals surface area contributed by atoms with Crippen LogP contribution in [0.2, 0.25) is 0 Å². The predicted molar refractivity (Wildman–Crippen MR) is 72.3 cm³/mol. The first kappa shape index (κ1) is 12.7. The first-order valence-electron chi connectivity index (χ1n) is 5.32. The molecule has 1 aromatic carbocycles. The Morgan fingerprint density at radius 1 is 1.33 bits per heavy atom. The number of rotatable bonds is 3. The highest BCUT2D eigenvalue weighted by molar-refractivity contribution is 9.10. The topological polar surface area (TPSA) is 62.2 Å². The van der Waals surface area contributed by atoms with E-state index in [1.54, 1.807) is 36.5 Å². The van der Waals surface area contributed by atoms with Gasteiger partial charge in [-0.15, -0.1) is 0 Å². The monoisotopic (exact) mass is 306 g/mol. The molecule has 18 heavy (non-hydrogen) atoms. The molecular weight excluding hydrogens is 296 g/mol. The Balaban J connectivity index is 2.21. The first-order chi connectivity index (χ1) is 8.70. The summed E-state index contributed by atoms with van der Waals surface area (Å²) in [6, 6.07) is 10.4. The van der Waals surface area contributed by atoms with Gasteiger partial charge < -0.3 is 10.4 Å². The quantitative estimate of drug-likeness (QED) is 0.857. The molecule has 2 rings (SSSR count). The summed E-state index contributed by atoms with van der Waals surface area (Å²) in [6.45, 7) is -0.115. The van der Waals surface area contributed by atoms with E-state index in [0.29, 0.717) is 21.4 Å². The van der Waals surface area contributed by atoms with Crippen LogP contribution in [-0.2, 0) is 6.61 Å². The molecular formula is C13H11BrN2O2. The maximum absolute atomic E-state index is 12.0.